The van der Waals surface area contributed by atoms with Crippen LogP contribution in [-0.4, -0.2) is 9.97 Å². The van der Waals surface area contributed by atoms with Gasteiger partial charge in [-0.2, -0.15) is 0 Å². The number of H-pyrrole nitrogens is 1. The quantitative estimate of drug-likeness (QED) is 0.679. The Hall–Kier alpha value is -1.80. The Morgan fingerprint density at radius 3 is 2.25 bits per heavy atom. The predicted molar refractivity (Wildman–Crippen MR) is 68.8 cm³/mol. The van der Waals surface area contributed by atoms with Crippen molar-refractivity contribution in [1.82, 2.24) is 9.97 Å². The van der Waals surface area contributed by atoms with Gasteiger partial charge in [0, 0.05) is 5.56 Å². The maximum Gasteiger partial charge on any atom is 0.138 e. The van der Waals surface area contributed by atoms with E-state index in [0.29, 0.717) is 0 Å². The first-order valence-electron chi connectivity index (χ1n) is 4.94. The fourth-order valence-corrected chi connectivity index (χ4v) is 1.69. The van der Waals surface area contributed by atoms with E-state index in [2.05, 4.69) is 22.1 Å². The number of aromatic nitrogens is 2. The summed E-state index contributed by atoms with van der Waals surface area (Å²) in [5.41, 5.74) is 3.21. The number of imidazole rings is 1. The number of hydrogen-bond acceptors (Lipinski definition) is 1. The van der Waals surface area contributed by atoms with Crippen LogP contribution in [0.2, 0.25) is 0 Å². The standard InChI is InChI=1S/C13H10N2.ClH/c1-2-6-10(7-3-1)13-14-11-8-4-5-9-12(11)15-13;/h1-9H,(H,14,15);1H. The van der Waals surface area contributed by atoms with Crippen molar-refractivity contribution in [2.24, 2.45) is 0 Å². The number of hydrogen-bond donors (Lipinski definition) is 1. The van der Waals surface area contributed by atoms with E-state index in [4.69, 9.17) is 0 Å². The van der Waals surface area contributed by atoms with E-state index >= 15 is 0 Å². The van der Waals surface area contributed by atoms with E-state index in [1.807, 2.05) is 42.5 Å². The molecular weight excluding hydrogens is 220 g/mol. The maximum absolute atomic E-state index is 4.53. The summed E-state index contributed by atoms with van der Waals surface area (Å²) < 4.78 is 0. The lowest BCUT2D eigenvalue weighted by molar-refractivity contribution is 1.34. The van der Waals surface area contributed by atoms with Crippen molar-refractivity contribution in [1.29, 1.82) is 0 Å². The lowest BCUT2D eigenvalue weighted by atomic mass is 10.2. The van der Waals surface area contributed by atoms with Gasteiger partial charge < -0.3 is 4.98 Å². The molecule has 0 unspecified atom stereocenters. The van der Waals surface area contributed by atoms with Crippen LogP contribution < -0.4 is 0 Å². The highest BCUT2D eigenvalue weighted by molar-refractivity contribution is 5.85. The summed E-state index contributed by atoms with van der Waals surface area (Å²) in [7, 11) is 0. The topological polar surface area (TPSA) is 28.7 Å². The van der Waals surface area contributed by atoms with E-state index in [-0.39, 0.29) is 12.4 Å². The smallest absolute Gasteiger partial charge is 0.138 e. The first-order chi connectivity index (χ1) is 7.43. The second-order valence-electron chi connectivity index (χ2n) is 3.47. The summed E-state index contributed by atoms with van der Waals surface area (Å²) >= 11 is 0. The van der Waals surface area contributed by atoms with Crippen molar-refractivity contribution in [3.63, 3.8) is 0 Å². The fourth-order valence-electron chi connectivity index (χ4n) is 1.69. The molecule has 0 aliphatic rings. The van der Waals surface area contributed by atoms with E-state index in [1.165, 1.54) is 0 Å². The number of nitrogens with one attached hydrogen (secondary N) is 1. The minimum absolute atomic E-state index is 0. The third kappa shape index (κ3) is 1.79. The van der Waals surface area contributed by atoms with Crippen LogP contribution in [0, 0.1) is 0 Å². The van der Waals surface area contributed by atoms with E-state index in [1.54, 1.807) is 0 Å². The SMILES string of the molecule is Cl.c1ccc(-c2nc3ccccc3[nH]2)cc1. The highest BCUT2D eigenvalue weighted by Crippen LogP contribution is 2.19. The van der Waals surface area contributed by atoms with Crippen LogP contribution in [0.3, 0.4) is 0 Å². The average Bonchev–Trinajstić information content (AvgIpc) is 2.74. The summed E-state index contributed by atoms with van der Waals surface area (Å²) in [6.45, 7) is 0. The zero-order valence-corrected chi connectivity index (χ0v) is 9.37. The average molecular weight is 231 g/mol. The van der Waals surface area contributed by atoms with Crippen LogP contribution in [0.25, 0.3) is 22.4 Å². The number of rotatable bonds is 1. The number of para-hydroxylation sites is 2. The first kappa shape index (κ1) is 10.7. The van der Waals surface area contributed by atoms with Gasteiger partial charge in [0.15, 0.2) is 0 Å². The van der Waals surface area contributed by atoms with Crippen LogP contribution in [-0.2, 0) is 0 Å². The molecule has 0 saturated heterocycles. The van der Waals surface area contributed by atoms with E-state index in [9.17, 15) is 0 Å². The Morgan fingerprint density at radius 2 is 1.50 bits per heavy atom. The van der Waals surface area contributed by atoms with Gasteiger partial charge in [-0.05, 0) is 12.1 Å². The Balaban J connectivity index is 0.000000963. The lowest BCUT2D eigenvalue weighted by Crippen LogP contribution is -1.77. The zero-order chi connectivity index (χ0) is 10.1. The highest BCUT2D eigenvalue weighted by Gasteiger charge is 2.02. The van der Waals surface area contributed by atoms with Crippen molar-refractivity contribution in [3.05, 3.63) is 54.6 Å². The minimum Gasteiger partial charge on any atom is -0.338 e. The van der Waals surface area contributed by atoms with Gasteiger partial charge >= 0.3 is 0 Å². The molecule has 0 spiro atoms. The molecule has 1 aromatic heterocycles. The van der Waals surface area contributed by atoms with Crippen molar-refractivity contribution in [3.8, 4) is 11.4 Å². The molecule has 0 amide bonds. The van der Waals surface area contributed by atoms with Crippen LogP contribution in [0.4, 0.5) is 0 Å². The number of nitrogens with zero attached hydrogens (tertiary/aromatic N) is 1. The molecule has 2 aromatic carbocycles. The van der Waals surface area contributed by atoms with Gasteiger partial charge in [0.25, 0.3) is 0 Å². The molecule has 3 rings (SSSR count). The number of benzene rings is 2. The summed E-state index contributed by atoms with van der Waals surface area (Å²) in [5.74, 6) is 0.928. The van der Waals surface area contributed by atoms with Gasteiger partial charge in [0.05, 0.1) is 11.0 Å². The molecule has 3 heteroatoms. The molecular formula is C13H11ClN2. The fraction of sp³-hybridized carbons (Fsp3) is 0. The molecule has 0 saturated carbocycles. The normalized spacial score (nSPS) is 10.0. The zero-order valence-electron chi connectivity index (χ0n) is 8.55. The molecule has 0 fully saturated rings. The van der Waals surface area contributed by atoms with E-state index < -0.39 is 0 Å². The molecule has 1 heterocycles. The van der Waals surface area contributed by atoms with Crippen molar-refractivity contribution >= 4 is 23.4 Å². The van der Waals surface area contributed by atoms with Gasteiger partial charge in [-0.25, -0.2) is 4.98 Å². The maximum atomic E-state index is 4.53. The molecule has 16 heavy (non-hydrogen) atoms. The summed E-state index contributed by atoms with van der Waals surface area (Å²) in [5, 5.41) is 0. The second-order valence-corrected chi connectivity index (χ2v) is 3.47. The largest absolute Gasteiger partial charge is 0.338 e. The minimum atomic E-state index is 0. The molecule has 0 radical (unpaired) electrons. The van der Waals surface area contributed by atoms with E-state index in [0.717, 1.165) is 22.4 Å². The van der Waals surface area contributed by atoms with Crippen molar-refractivity contribution in [2.45, 2.75) is 0 Å². The number of aromatic amines is 1. The third-order valence-corrected chi connectivity index (χ3v) is 2.44. The first-order valence-corrected chi connectivity index (χ1v) is 4.94. The van der Waals surface area contributed by atoms with Crippen LogP contribution in [0.5, 0.6) is 0 Å². The van der Waals surface area contributed by atoms with Gasteiger partial charge in [-0.1, -0.05) is 42.5 Å². The molecule has 0 bridgehead atoms. The second kappa shape index (κ2) is 4.37. The Labute approximate surface area is 99.8 Å². The van der Waals surface area contributed by atoms with Crippen LogP contribution in [0.15, 0.2) is 54.6 Å². The molecule has 0 aliphatic heterocycles. The summed E-state index contributed by atoms with van der Waals surface area (Å²) in [6, 6.07) is 18.2. The van der Waals surface area contributed by atoms with Crippen LogP contribution in [0.1, 0.15) is 0 Å². The molecule has 0 atom stereocenters. The summed E-state index contributed by atoms with van der Waals surface area (Å²) in [4.78, 5) is 7.83. The number of fused-ring (bicyclic) bond motifs is 1. The Morgan fingerprint density at radius 1 is 0.812 bits per heavy atom. The third-order valence-electron chi connectivity index (χ3n) is 2.44. The van der Waals surface area contributed by atoms with Crippen molar-refractivity contribution < 1.29 is 0 Å². The molecule has 1 N–H and O–H groups in total. The van der Waals surface area contributed by atoms with Gasteiger partial charge in [0.1, 0.15) is 5.82 Å². The molecule has 80 valence electrons. The van der Waals surface area contributed by atoms with Crippen LogP contribution >= 0.6 is 12.4 Å². The lowest BCUT2D eigenvalue weighted by Gasteiger charge is -1.93. The monoisotopic (exact) mass is 230 g/mol. The van der Waals surface area contributed by atoms with Gasteiger partial charge in [-0.3, -0.25) is 0 Å². The van der Waals surface area contributed by atoms with Gasteiger partial charge in [0.2, 0.25) is 0 Å². The Kier molecular flexibility index (Phi) is 2.93. The summed E-state index contributed by atoms with van der Waals surface area (Å²) in [6.07, 6.45) is 0. The predicted octanol–water partition coefficient (Wildman–Crippen LogP) is 3.65. The number of halogens is 1. The molecule has 0 aliphatic carbocycles. The van der Waals surface area contributed by atoms with Crippen molar-refractivity contribution in [2.75, 3.05) is 0 Å². The highest BCUT2D eigenvalue weighted by atomic mass is 35.5. The Bertz CT molecular complexity index is 554. The molecule has 3 aromatic rings. The molecule has 2 nitrogen and oxygen atoms in total. The van der Waals surface area contributed by atoms with Gasteiger partial charge in [-0.15, -0.1) is 12.4 Å².